The predicted octanol–water partition coefficient (Wildman–Crippen LogP) is 7.59. The van der Waals surface area contributed by atoms with Crippen LogP contribution >= 0.6 is 0 Å². The molecule has 1 aliphatic heterocycles. The number of phenols is 1. The molecular formula is C38H57N3O5S. The summed E-state index contributed by atoms with van der Waals surface area (Å²) in [4.78, 5) is 17.5. The molecule has 9 heteroatoms. The summed E-state index contributed by atoms with van der Waals surface area (Å²) in [5, 5.41) is 12.0. The maximum atomic E-state index is 12.1. The number of sulfonamides is 1. The number of fused-ring (bicyclic) bond motifs is 4. The summed E-state index contributed by atoms with van der Waals surface area (Å²) in [6, 6.07) is 9.81. The summed E-state index contributed by atoms with van der Waals surface area (Å²) in [6.07, 6.45) is 11.0. The van der Waals surface area contributed by atoms with Crippen LogP contribution in [0.2, 0.25) is 0 Å². The average molecular weight is 668 g/mol. The highest BCUT2D eigenvalue weighted by Gasteiger charge is 2.47. The highest BCUT2D eigenvalue weighted by molar-refractivity contribution is 7.88. The highest BCUT2D eigenvalue weighted by Crippen LogP contribution is 2.54. The van der Waals surface area contributed by atoms with E-state index in [2.05, 4.69) is 55.3 Å². The van der Waals surface area contributed by atoms with Crippen LogP contribution in [-0.2, 0) is 32.4 Å². The van der Waals surface area contributed by atoms with Gasteiger partial charge in [0.15, 0.2) is 0 Å². The van der Waals surface area contributed by atoms with Crippen LogP contribution in [0, 0.1) is 5.92 Å². The topological polar surface area (TPSA) is 112 Å². The van der Waals surface area contributed by atoms with E-state index in [4.69, 9.17) is 4.74 Å². The molecule has 47 heavy (non-hydrogen) atoms. The van der Waals surface area contributed by atoms with Crippen molar-refractivity contribution in [3.63, 3.8) is 0 Å². The first-order chi connectivity index (χ1) is 22.1. The molecule has 260 valence electrons. The predicted molar refractivity (Wildman–Crippen MR) is 192 cm³/mol. The molecule has 1 saturated carbocycles. The molecule has 0 saturated heterocycles. The van der Waals surface area contributed by atoms with Crippen LogP contribution in [-0.4, -0.2) is 62.5 Å². The Hall–Kier alpha value is -2.88. The third-order valence-electron chi connectivity index (χ3n) is 10.2. The van der Waals surface area contributed by atoms with Gasteiger partial charge in [0.2, 0.25) is 10.0 Å². The van der Waals surface area contributed by atoms with E-state index >= 15 is 0 Å². The van der Waals surface area contributed by atoms with E-state index in [0.29, 0.717) is 24.4 Å². The molecule has 3 aromatic rings. The van der Waals surface area contributed by atoms with Gasteiger partial charge in [0.1, 0.15) is 22.9 Å². The minimum Gasteiger partial charge on any atom is -0.508 e. The van der Waals surface area contributed by atoms with E-state index in [-0.39, 0.29) is 28.6 Å². The number of Topliss-reactive ketones (excluding diaryl/α,β-unsaturated/α-hetero) is 1. The zero-order valence-corrected chi connectivity index (χ0v) is 30.6. The molecule has 0 amide bonds. The summed E-state index contributed by atoms with van der Waals surface area (Å²) in [6.45, 7) is 12.0. The normalized spacial score (nSPS) is 19.1. The van der Waals surface area contributed by atoms with Gasteiger partial charge in [-0.2, -0.15) is 0 Å². The molecule has 0 bridgehead atoms. The summed E-state index contributed by atoms with van der Waals surface area (Å²) in [5.74, 6) is 1.77. The van der Waals surface area contributed by atoms with Crippen molar-refractivity contribution in [3.8, 4) is 11.5 Å². The van der Waals surface area contributed by atoms with Crippen molar-refractivity contribution >= 4 is 26.7 Å². The number of benzene rings is 2. The molecule has 3 N–H and O–H groups in total. The summed E-state index contributed by atoms with van der Waals surface area (Å²) in [7, 11) is 2.29. The van der Waals surface area contributed by atoms with E-state index < -0.39 is 10.0 Å². The molecule has 0 unspecified atom stereocenters. The number of likely N-dealkylation sites (N-methyl/N-ethyl adjacent to an activating group) is 1. The lowest BCUT2D eigenvalue weighted by Gasteiger charge is -2.47. The van der Waals surface area contributed by atoms with Crippen molar-refractivity contribution in [2.45, 2.75) is 115 Å². The molecule has 1 fully saturated rings. The maximum absolute atomic E-state index is 12.1. The summed E-state index contributed by atoms with van der Waals surface area (Å²) >= 11 is 0. The van der Waals surface area contributed by atoms with Crippen molar-refractivity contribution in [1.82, 2.24) is 14.6 Å². The van der Waals surface area contributed by atoms with Gasteiger partial charge in [-0.25, -0.2) is 13.1 Å². The van der Waals surface area contributed by atoms with Gasteiger partial charge in [-0.3, -0.25) is 4.79 Å². The molecule has 1 aromatic heterocycles. The van der Waals surface area contributed by atoms with Crippen molar-refractivity contribution in [2.24, 2.45) is 5.92 Å². The lowest BCUT2D eigenvalue weighted by atomic mass is 9.66. The first-order valence-electron chi connectivity index (χ1n) is 17.3. The lowest BCUT2D eigenvalue weighted by molar-refractivity contribution is -0.124. The molecule has 0 spiro atoms. The third-order valence-corrected chi connectivity index (χ3v) is 11.5. The number of ketones is 1. The number of rotatable bonds is 12. The number of aromatic hydroxyl groups is 1. The number of unbranched alkanes of at least 4 members (excludes halogenated alkanes) is 3. The van der Waals surface area contributed by atoms with Crippen molar-refractivity contribution in [3.05, 3.63) is 58.8 Å². The van der Waals surface area contributed by atoms with Crippen LogP contribution in [0.1, 0.15) is 114 Å². The number of carbonyl (C=O) groups is 1. The number of hydrogen-bond acceptors (Lipinski definition) is 6. The molecule has 2 aromatic carbocycles. The van der Waals surface area contributed by atoms with Gasteiger partial charge < -0.3 is 19.7 Å². The Labute approximate surface area is 282 Å². The largest absolute Gasteiger partial charge is 0.508 e. The van der Waals surface area contributed by atoms with Crippen LogP contribution in [0.4, 0.5) is 0 Å². The Bertz CT molecular complexity index is 1640. The van der Waals surface area contributed by atoms with Crippen molar-refractivity contribution in [1.29, 1.82) is 0 Å². The number of nitrogens with zero attached hydrogens (tertiary/aromatic N) is 1. The van der Waals surface area contributed by atoms with Gasteiger partial charge in [-0.1, -0.05) is 52.5 Å². The molecule has 2 atom stereocenters. The quantitative estimate of drug-likeness (QED) is 0.172. The number of H-pyrrole nitrogens is 1. The van der Waals surface area contributed by atoms with E-state index in [1.165, 1.54) is 38.3 Å². The first kappa shape index (κ1) is 36.9. The molecule has 2 aliphatic rings. The first-order valence-corrected chi connectivity index (χ1v) is 18.9. The zero-order valence-electron chi connectivity index (χ0n) is 29.8. The monoisotopic (exact) mass is 667 g/mol. The summed E-state index contributed by atoms with van der Waals surface area (Å²) in [5.41, 5.74) is 4.74. The maximum Gasteiger partial charge on any atom is 0.215 e. The summed E-state index contributed by atoms with van der Waals surface area (Å²) < 4.78 is 32.0. The SMILES string of the molecule is CCCCCCC(C)(C)c1cc(O)c2c(c1)OC(C)(C)[C@@H]1CCC(=O)C[C@@H]21.CNS(=O)(=O)Cc1ccc2[nH]cc(CCN(C)C)c2c1. The number of aromatic amines is 1. The fraction of sp³-hybridized carbons (Fsp3) is 0.605. The number of hydrogen-bond donors (Lipinski definition) is 3. The van der Waals surface area contributed by atoms with Crippen LogP contribution < -0.4 is 9.46 Å². The fourth-order valence-electron chi connectivity index (χ4n) is 7.26. The average Bonchev–Trinajstić information content (AvgIpc) is 3.39. The molecule has 8 nitrogen and oxygen atoms in total. The van der Waals surface area contributed by atoms with Crippen LogP contribution in [0.15, 0.2) is 36.5 Å². The van der Waals surface area contributed by atoms with E-state index in [1.54, 1.807) is 0 Å². The van der Waals surface area contributed by atoms with Crippen LogP contribution in [0.25, 0.3) is 10.9 Å². The van der Waals surface area contributed by atoms with E-state index in [0.717, 1.165) is 59.2 Å². The van der Waals surface area contributed by atoms with Gasteiger partial charge in [0.05, 0.1) is 5.75 Å². The standard InChI is InChI=1S/C24H36O3.C14H21N3O2S/c1-6-7-8-9-12-23(2,3)16-13-20(26)22-18-15-17(25)10-11-19(18)24(4,5)27-21(22)14-16;1-15-20(18,19)10-11-4-5-14-13(8-11)12(9-16-14)6-7-17(2)3/h13-14,18-19,26H,6-12,15H2,1-5H3;4-5,8-9,15-16H,6-7,10H2,1-3H3/t18-,19-;/m1./s1. The van der Waals surface area contributed by atoms with Gasteiger partial charge in [-0.15, -0.1) is 0 Å². The Kier molecular flexibility index (Phi) is 11.9. The minimum absolute atomic E-state index is 0.00696. The molecular weight excluding hydrogens is 611 g/mol. The fourth-order valence-corrected chi connectivity index (χ4v) is 8.02. The molecule has 2 heterocycles. The number of carbonyl (C=O) groups excluding carboxylic acids is 1. The Morgan fingerprint density at radius 1 is 1.13 bits per heavy atom. The number of nitrogens with one attached hydrogen (secondary N) is 2. The minimum atomic E-state index is -3.23. The molecule has 0 radical (unpaired) electrons. The Morgan fingerprint density at radius 2 is 1.87 bits per heavy atom. The highest BCUT2D eigenvalue weighted by atomic mass is 32.2. The second kappa shape index (κ2) is 15.1. The van der Waals surface area contributed by atoms with Gasteiger partial charge in [0, 0.05) is 53.9 Å². The van der Waals surface area contributed by atoms with Crippen molar-refractivity contribution in [2.75, 3.05) is 27.7 Å². The van der Waals surface area contributed by atoms with Gasteiger partial charge >= 0.3 is 0 Å². The number of aromatic nitrogens is 1. The Morgan fingerprint density at radius 3 is 2.55 bits per heavy atom. The van der Waals surface area contributed by atoms with Crippen LogP contribution in [0.5, 0.6) is 11.5 Å². The smallest absolute Gasteiger partial charge is 0.215 e. The van der Waals surface area contributed by atoms with Gasteiger partial charge in [-0.05, 0) is 101 Å². The van der Waals surface area contributed by atoms with E-state index in [9.17, 15) is 18.3 Å². The van der Waals surface area contributed by atoms with Gasteiger partial charge in [0.25, 0.3) is 0 Å². The zero-order chi connectivity index (χ0) is 34.6. The number of phenolic OH excluding ortho intramolecular Hbond substituents is 1. The second-order valence-electron chi connectivity index (χ2n) is 15.0. The lowest BCUT2D eigenvalue weighted by Crippen LogP contribution is -2.47. The van der Waals surface area contributed by atoms with Crippen molar-refractivity contribution < 1.29 is 23.1 Å². The number of ether oxygens (including phenoxy) is 1. The Balaban J connectivity index is 0.000000223. The molecule has 1 aliphatic carbocycles. The van der Waals surface area contributed by atoms with Crippen LogP contribution in [0.3, 0.4) is 0 Å². The molecule has 5 rings (SSSR count). The second-order valence-corrected chi connectivity index (χ2v) is 16.9. The van der Waals surface area contributed by atoms with E-state index in [1.807, 2.05) is 44.6 Å². The third kappa shape index (κ3) is 9.18.